The summed E-state index contributed by atoms with van der Waals surface area (Å²) in [6.45, 7) is -0.300. The van der Waals surface area contributed by atoms with Crippen LogP contribution >= 0.6 is 27.5 Å². The van der Waals surface area contributed by atoms with Gasteiger partial charge in [0.15, 0.2) is 12.4 Å². The molecule has 1 N–H and O–H groups in total. The van der Waals surface area contributed by atoms with E-state index < -0.39 is 11.7 Å². The summed E-state index contributed by atoms with van der Waals surface area (Å²) >= 11 is 9.51. The molecule has 2 aromatic heterocycles. The second kappa shape index (κ2) is 11.1. The van der Waals surface area contributed by atoms with Crippen molar-refractivity contribution in [3.8, 4) is 28.3 Å². The molecule has 0 fully saturated rings. The van der Waals surface area contributed by atoms with Crippen LogP contribution in [-0.4, -0.2) is 44.9 Å². The first-order valence-corrected chi connectivity index (χ1v) is 13.4. The zero-order valence-corrected chi connectivity index (χ0v) is 23.4. The van der Waals surface area contributed by atoms with Gasteiger partial charge in [-0.25, -0.2) is 14.1 Å². The molecule has 0 aliphatic carbocycles. The molecule has 6 rings (SSSR count). The van der Waals surface area contributed by atoms with Gasteiger partial charge in [-0.15, -0.1) is 5.10 Å². The monoisotopic (exact) mass is 636 g/mol. The van der Waals surface area contributed by atoms with Crippen LogP contribution in [0.25, 0.3) is 22.6 Å². The Bertz CT molecular complexity index is 1790. The quantitative estimate of drug-likeness (QED) is 0.248. The normalized spacial score (nSPS) is 12.7. The van der Waals surface area contributed by atoms with Gasteiger partial charge in [0.25, 0.3) is 5.91 Å². The van der Waals surface area contributed by atoms with E-state index in [1.807, 2.05) is 24.3 Å². The maximum absolute atomic E-state index is 14.8. The number of carbonyl (C=O) groups is 2. The molecule has 0 spiro atoms. The van der Waals surface area contributed by atoms with E-state index in [4.69, 9.17) is 20.8 Å². The largest absolute Gasteiger partial charge is 0.482 e. The molecule has 0 bridgehead atoms. The number of benzene rings is 3. The number of aromatic nitrogens is 4. The highest BCUT2D eigenvalue weighted by molar-refractivity contribution is 9.10. The van der Waals surface area contributed by atoms with Crippen molar-refractivity contribution in [1.29, 1.82) is 0 Å². The Hall–Kier alpha value is -4.55. The highest BCUT2D eigenvalue weighted by Gasteiger charge is 2.27. The van der Waals surface area contributed by atoms with Crippen LogP contribution in [-0.2, 0) is 16.1 Å². The third-order valence-corrected chi connectivity index (χ3v) is 6.92. The molecular formula is C28H19BrClFN6O4. The molecular weight excluding hydrogens is 619 g/mol. The van der Waals surface area contributed by atoms with Gasteiger partial charge in [-0.3, -0.25) is 14.5 Å². The van der Waals surface area contributed by atoms with Crippen molar-refractivity contribution in [1.82, 2.24) is 20.0 Å². The average molecular weight is 638 g/mol. The standard InChI is InChI=1S/C28H19BrClFN6O4/c29-17-3-1-2-16(8-17)25-11-32-27(41-25)14-36-12-22(34-35-36)20-10-19(5-6-21(20)31)33-26(38)13-37-23-9-18(30)4-7-24(23)40-15-28(37)39/h1-12H,13-15H2,(H,33,38). The number of anilines is 2. The third-order valence-electron chi connectivity index (χ3n) is 6.19. The van der Waals surface area contributed by atoms with Crippen molar-refractivity contribution in [2.24, 2.45) is 0 Å². The lowest BCUT2D eigenvalue weighted by molar-refractivity contribution is -0.123. The van der Waals surface area contributed by atoms with E-state index >= 15 is 0 Å². The smallest absolute Gasteiger partial charge is 0.265 e. The van der Waals surface area contributed by atoms with Crippen LogP contribution in [0.2, 0.25) is 5.02 Å². The third kappa shape index (κ3) is 5.83. The minimum Gasteiger partial charge on any atom is -0.482 e. The van der Waals surface area contributed by atoms with Gasteiger partial charge >= 0.3 is 0 Å². The Morgan fingerprint density at radius 3 is 2.88 bits per heavy atom. The lowest BCUT2D eigenvalue weighted by Crippen LogP contribution is -2.43. The number of oxazole rings is 1. The van der Waals surface area contributed by atoms with Crippen molar-refractivity contribution in [2.45, 2.75) is 6.54 Å². The molecule has 0 radical (unpaired) electrons. The Kier molecular flexibility index (Phi) is 7.25. The number of nitrogens with zero attached hydrogens (tertiary/aromatic N) is 5. The van der Waals surface area contributed by atoms with Crippen molar-refractivity contribution in [3.05, 3.63) is 94.3 Å². The number of amides is 2. The lowest BCUT2D eigenvalue weighted by Gasteiger charge is -2.29. The van der Waals surface area contributed by atoms with Gasteiger partial charge in [-0.2, -0.15) is 0 Å². The summed E-state index contributed by atoms with van der Waals surface area (Å²) in [5.41, 5.74) is 1.97. The van der Waals surface area contributed by atoms with E-state index in [2.05, 4.69) is 36.5 Å². The highest BCUT2D eigenvalue weighted by atomic mass is 79.9. The Morgan fingerprint density at radius 2 is 2.02 bits per heavy atom. The van der Waals surface area contributed by atoms with Crippen LogP contribution in [0, 0.1) is 5.82 Å². The van der Waals surface area contributed by atoms with Crippen LogP contribution in [0.5, 0.6) is 5.75 Å². The van der Waals surface area contributed by atoms with Gasteiger partial charge < -0.3 is 14.5 Å². The predicted octanol–water partition coefficient (Wildman–Crippen LogP) is 5.57. The second-order valence-electron chi connectivity index (χ2n) is 9.05. The van der Waals surface area contributed by atoms with Gasteiger partial charge in [0.1, 0.15) is 30.4 Å². The molecule has 5 aromatic rings. The van der Waals surface area contributed by atoms with E-state index in [1.165, 1.54) is 27.8 Å². The molecule has 10 nitrogen and oxygen atoms in total. The summed E-state index contributed by atoms with van der Waals surface area (Å²) in [6, 6.07) is 16.6. The van der Waals surface area contributed by atoms with E-state index in [-0.39, 0.29) is 36.9 Å². The number of halogens is 3. The highest BCUT2D eigenvalue weighted by Crippen LogP contribution is 2.34. The number of fused-ring (bicyclic) bond motifs is 1. The first kappa shape index (κ1) is 26.7. The zero-order chi connectivity index (χ0) is 28.5. The number of ether oxygens (including phenoxy) is 1. The first-order valence-electron chi connectivity index (χ1n) is 12.3. The van der Waals surface area contributed by atoms with Crippen LogP contribution in [0.15, 0.2) is 81.9 Å². The van der Waals surface area contributed by atoms with Crippen molar-refractivity contribution in [3.63, 3.8) is 0 Å². The molecule has 41 heavy (non-hydrogen) atoms. The molecule has 13 heteroatoms. The van der Waals surface area contributed by atoms with Gasteiger partial charge in [0.2, 0.25) is 11.8 Å². The summed E-state index contributed by atoms with van der Waals surface area (Å²) in [5.74, 6) is 0.0247. The first-order chi connectivity index (χ1) is 19.8. The summed E-state index contributed by atoms with van der Waals surface area (Å²) in [7, 11) is 0. The second-order valence-corrected chi connectivity index (χ2v) is 10.4. The fourth-order valence-corrected chi connectivity index (χ4v) is 4.85. The van der Waals surface area contributed by atoms with Crippen LogP contribution in [0.3, 0.4) is 0 Å². The number of hydrogen-bond acceptors (Lipinski definition) is 7. The minimum atomic E-state index is -0.546. The summed E-state index contributed by atoms with van der Waals surface area (Å²) in [5, 5.41) is 11.3. The topological polar surface area (TPSA) is 115 Å². The summed E-state index contributed by atoms with van der Waals surface area (Å²) in [4.78, 5) is 30.9. The Labute approximate surface area is 245 Å². The summed E-state index contributed by atoms with van der Waals surface area (Å²) < 4.78 is 28.4. The molecule has 3 aromatic carbocycles. The predicted molar refractivity (Wildman–Crippen MR) is 152 cm³/mol. The van der Waals surface area contributed by atoms with Gasteiger partial charge in [-0.05, 0) is 48.5 Å². The maximum atomic E-state index is 14.8. The van der Waals surface area contributed by atoms with E-state index in [0.717, 1.165) is 10.0 Å². The molecule has 2 amide bonds. The van der Waals surface area contributed by atoms with Gasteiger partial charge in [0.05, 0.1) is 18.1 Å². The fraction of sp³-hybridized carbons (Fsp3) is 0.107. The van der Waals surface area contributed by atoms with E-state index in [1.54, 1.807) is 30.6 Å². The SMILES string of the molecule is O=C(CN1C(=O)COc2ccc(Cl)cc21)Nc1ccc(F)c(-c2cn(Cc3ncc(-c4cccc(Br)c4)o3)nn2)c1. The minimum absolute atomic E-state index is 0.135. The van der Waals surface area contributed by atoms with Crippen molar-refractivity contribution in [2.75, 3.05) is 23.4 Å². The zero-order valence-electron chi connectivity index (χ0n) is 21.1. The van der Waals surface area contributed by atoms with Gasteiger partial charge in [-0.1, -0.05) is 44.9 Å². The van der Waals surface area contributed by atoms with Gasteiger partial charge in [0, 0.05) is 26.3 Å². The molecule has 0 unspecified atom stereocenters. The number of hydrogen-bond donors (Lipinski definition) is 1. The number of carbonyl (C=O) groups excluding carboxylic acids is 2. The number of nitrogens with one attached hydrogen (secondary N) is 1. The molecule has 1 aliphatic heterocycles. The van der Waals surface area contributed by atoms with E-state index in [0.29, 0.717) is 33.8 Å². The van der Waals surface area contributed by atoms with Crippen LogP contribution in [0.1, 0.15) is 5.89 Å². The van der Waals surface area contributed by atoms with Crippen LogP contribution < -0.4 is 15.0 Å². The van der Waals surface area contributed by atoms with Crippen LogP contribution in [0.4, 0.5) is 15.8 Å². The maximum Gasteiger partial charge on any atom is 0.265 e. The molecule has 0 atom stereocenters. The molecule has 1 aliphatic rings. The van der Waals surface area contributed by atoms with E-state index in [9.17, 15) is 14.0 Å². The Morgan fingerprint density at radius 1 is 1.15 bits per heavy atom. The van der Waals surface area contributed by atoms with Crippen molar-refractivity contribution < 1.29 is 23.1 Å². The number of rotatable bonds is 7. The molecule has 206 valence electrons. The average Bonchev–Trinajstić information content (AvgIpc) is 3.62. The molecule has 0 saturated heterocycles. The summed E-state index contributed by atoms with van der Waals surface area (Å²) in [6.07, 6.45) is 3.18. The van der Waals surface area contributed by atoms with Crippen molar-refractivity contribution >= 4 is 50.7 Å². The molecule has 3 heterocycles. The Balaban J connectivity index is 1.15. The fourth-order valence-electron chi connectivity index (χ4n) is 4.29. The lowest BCUT2D eigenvalue weighted by atomic mass is 10.1. The molecule has 0 saturated carbocycles.